The van der Waals surface area contributed by atoms with E-state index in [0.717, 1.165) is 15.7 Å². The van der Waals surface area contributed by atoms with Gasteiger partial charge in [0.15, 0.2) is 5.69 Å². The van der Waals surface area contributed by atoms with Crippen molar-refractivity contribution in [3.05, 3.63) is 76.0 Å². The molecule has 27 heavy (non-hydrogen) atoms. The van der Waals surface area contributed by atoms with Gasteiger partial charge in [0.1, 0.15) is 0 Å². The molecule has 6 nitrogen and oxygen atoms in total. The number of hydrogen-bond acceptors (Lipinski definition) is 4. The van der Waals surface area contributed by atoms with E-state index >= 15 is 0 Å². The second kappa shape index (κ2) is 8.45. The number of nitrogens with one attached hydrogen (secondary N) is 1. The maximum Gasteiger partial charge on any atom is 0.273 e. The maximum atomic E-state index is 12.7. The summed E-state index contributed by atoms with van der Waals surface area (Å²) in [6.07, 6.45) is 0. The number of likely N-dealkylation sites (N-methyl/N-ethyl adjacent to an activating group) is 1. The van der Waals surface area contributed by atoms with Crippen LogP contribution in [-0.4, -0.2) is 46.4 Å². The zero-order valence-corrected chi connectivity index (χ0v) is 17.1. The third-order valence-electron chi connectivity index (χ3n) is 4.43. The van der Waals surface area contributed by atoms with Crippen LogP contribution in [0.2, 0.25) is 0 Å². The molecule has 1 unspecified atom stereocenters. The highest BCUT2D eigenvalue weighted by molar-refractivity contribution is 9.10. The van der Waals surface area contributed by atoms with Crippen LogP contribution in [0.15, 0.2) is 59.1 Å². The van der Waals surface area contributed by atoms with Gasteiger partial charge in [-0.05, 0) is 44.8 Å². The fraction of sp³-hybridized carbons (Fsp3) is 0.250. The molecule has 0 aliphatic carbocycles. The van der Waals surface area contributed by atoms with Gasteiger partial charge in [-0.1, -0.05) is 57.5 Å². The number of aromatic nitrogens is 3. The van der Waals surface area contributed by atoms with E-state index in [1.807, 2.05) is 63.5 Å². The van der Waals surface area contributed by atoms with Crippen LogP contribution in [0.4, 0.5) is 0 Å². The first-order valence-electron chi connectivity index (χ1n) is 8.65. The van der Waals surface area contributed by atoms with Crippen molar-refractivity contribution in [2.24, 2.45) is 0 Å². The topological polar surface area (TPSA) is 63.1 Å². The minimum atomic E-state index is -0.225. The Kier molecular flexibility index (Phi) is 6.03. The van der Waals surface area contributed by atoms with Crippen LogP contribution in [0, 0.1) is 6.92 Å². The van der Waals surface area contributed by atoms with Crippen molar-refractivity contribution < 1.29 is 4.79 Å². The van der Waals surface area contributed by atoms with Gasteiger partial charge in [-0.2, -0.15) is 0 Å². The smallest absolute Gasteiger partial charge is 0.273 e. The third-order valence-corrected chi connectivity index (χ3v) is 4.92. The Balaban J connectivity index is 1.75. The number of halogens is 1. The summed E-state index contributed by atoms with van der Waals surface area (Å²) in [5.74, 6) is -0.225. The van der Waals surface area contributed by atoms with Gasteiger partial charge in [-0.25, -0.2) is 4.68 Å². The molecule has 1 amide bonds. The number of benzene rings is 2. The Morgan fingerprint density at radius 3 is 2.59 bits per heavy atom. The largest absolute Gasteiger partial charge is 0.349 e. The van der Waals surface area contributed by atoms with Crippen molar-refractivity contribution in [1.29, 1.82) is 0 Å². The molecule has 1 heterocycles. The van der Waals surface area contributed by atoms with E-state index in [2.05, 4.69) is 48.6 Å². The molecule has 0 aliphatic rings. The Hall–Kier alpha value is -2.51. The lowest BCUT2D eigenvalue weighted by Gasteiger charge is -2.25. The van der Waals surface area contributed by atoms with E-state index in [1.54, 1.807) is 4.68 Å². The Morgan fingerprint density at radius 2 is 1.93 bits per heavy atom. The lowest BCUT2D eigenvalue weighted by atomic mass is 10.1. The predicted octanol–water partition coefficient (Wildman–Crippen LogP) is 3.37. The number of carbonyl (C=O) groups is 1. The van der Waals surface area contributed by atoms with Crippen molar-refractivity contribution in [1.82, 2.24) is 25.2 Å². The molecule has 0 spiro atoms. The Labute approximate surface area is 167 Å². The molecule has 0 aliphatic heterocycles. The number of hydrogen-bond donors (Lipinski definition) is 1. The highest BCUT2D eigenvalue weighted by Gasteiger charge is 2.20. The third kappa shape index (κ3) is 4.43. The number of rotatable bonds is 6. The second-order valence-electron chi connectivity index (χ2n) is 6.52. The number of carbonyl (C=O) groups excluding carboxylic acids is 1. The van der Waals surface area contributed by atoms with Crippen LogP contribution in [-0.2, 0) is 0 Å². The van der Waals surface area contributed by atoms with Gasteiger partial charge in [0, 0.05) is 11.0 Å². The molecule has 140 valence electrons. The number of amides is 1. The van der Waals surface area contributed by atoms with Crippen LogP contribution >= 0.6 is 15.9 Å². The van der Waals surface area contributed by atoms with Gasteiger partial charge in [-0.3, -0.25) is 4.79 Å². The second-order valence-corrected chi connectivity index (χ2v) is 7.43. The molecule has 2 aromatic carbocycles. The molecule has 1 N–H and O–H groups in total. The molecule has 3 aromatic rings. The summed E-state index contributed by atoms with van der Waals surface area (Å²) >= 11 is 3.45. The molecule has 7 heteroatoms. The molecule has 0 radical (unpaired) electrons. The molecule has 0 saturated heterocycles. The van der Waals surface area contributed by atoms with E-state index < -0.39 is 0 Å². The average Bonchev–Trinajstić information content (AvgIpc) is 3.04. The summed E-state index contributed by atoms with van der Waals surface area (Å²) in [5, 5.41) is 11.2. The van der Waals surface area contributed by atoms with Crippen molar-refractivity contribution in [3.8, 4) is 5.69 Å². The zero-order valence-electron chi connectivity index (χ0n) is 15.6. The Bertz CT molecular complexity index is 923. The van der Waals surface area contributed by atoms with Gasteiger partial charge in [-0.15, -0.1) is 5.10 Å². The lowest BCUT2D eigenvalue weighted by Crippen LogP contribution is -2.35. The minimum Gasteiger partial charge on any atom is -0.349 e. The van der Waals surface area contributed by atoms with Crippen LogP contribution in [0.3, 0.4) is 0 Å². The van der Waals surface area contributed by atoms with Crippen LogP contribution < -0.4 is 5.32 Å². The summed E-state index contributed by atoms with van der Waals surface area (Å²) in [6, 6.07) is 17.9. The van der Waals surface area contributed by atoms with Gasteiger partial charge in [0.05, 0.1) is 17.4 Å². The summed E-state index contributed by atoms with van der Waals surface area (Å²) < 4.78 is 2.61. The van der Waals surface area contributed by atoms with Crippen LogP contribution in [0.1, 0.15) is 27.8 Å². The molecular weight excluding hydrogens is 406 g/mol. The lowest BCUT2D eigenvalue weighted by molar-refractivity contribution is 0.0936. The average molecular weight is 428 g/mol. The van der Waals surface area contributed by atoms with E-state index in [4.69, 9.17) is 0 Å². The quantitative estimate of drug-likeness (QED) is 0.654. The zero-order chi connectivity index (χ0) is 19.4. The van der Waals surface area contributed by atoms with Gasteiger partial charge >= 0.3 is 0 Å². The first-order valence-corrected chi connectivity index (χ1v) is 9.44. The first-order chi connectivity index (χ1) is 13.0. The molecule has 0 bridgehead atoms. The summed E-state index contributed by atoms with van der Waals surface area (Å²) in [7, 11) is 4.00. The highest BCUT2D eigenvalue weighted by Crippen LogP contribution is 2.19. The standard InChI is InChI=1S/C20H22BrN5O/c1-14-19(23-24-26(14)17-11-7-10-16(21)12-17)20(27)22-13-18(25(2)3)15-8-5-4-6-9-15/h4-12,18H,13H2,1-3H3,(H,22,27). The normalized spacial score (nSPS) is 12.2. The van der Waals surface area contributed by atoms with Gasteiger partial charge in [0.25, 0.3) is 5.91 Å². The number of nitrogens with zero attached hydrogens (tertiary/aromatic N) is 4. The van der Waals surface area contributed by atoms with E-state index in [1.165, 1.54) is 0 Å². The van der Waals surface area contributed by atoms with Gasteiger partial charge < -0.3 is 10.2 Å². The van der Waals surface area contributed by atoms with Crippen molar-refractivity contribution in [3.63, 3.8) is 0 Å². The molecule has 1 atom stereocenters. The molecular formula is C20H22BrN5O. The molecule has 3 rings (SSSR count). The first kappa shape index (κ1) is 19.3. The fourth-order valence-corrected chi connectivity index (χ4v) is 3.33. The molecule has 0 saturated carbocycles. The molecule has 1 aromatic heterocycles. The van der Waals surface area contributed by atoms with Gasteiger partial charge in [0.2, 0.25) is 0 Å². The molecule has 0 fully saturated rings. The Morgan fingerprint density at radius 1 is 1.19 bits per heavy atom. The minimum absolute atomic E-state index is 0.0792. The summed E-state index contributed by atoms with van der Waals surface area (Å²) in [4.78, 5) is 14.8. The SMILES string of the molecule is Cc1c(C(=O)NCC(c2ccccc2)N(C)C)nnn1-c1cccc(Br)c1. The predicted molar refractivity (Wildman–Crippen MR) is 109 cm³/mol. The van der Waals surface area contributed by atoms with Crippen molar-refractivity contribution in [2.75, 3.05) is 20.6 Å². The monoisotopic (exact) mass is 427 g/mol. The summed E-state index contributed by atoms with van der Waals surface area (Å²) in [5.41, 5.74) is 3.04. The van der Waals surface area contributed by atoms with E-state index in [-0.39, 0.29) is 11.9 Å². The van der Waals surface area contributed by atoms with Crippen LogP contribution in [0.25, 0.3) is 5.69 Å². The highest BCUT2D eigenvalue weighted by atomic mass is 79.9. The van der Waals surface area contributed by atoms with Crippen LogP contribution in [0.5, 0.6) is 0 Å². The summed E-state index contributed by atoms with van der Waals surface area (Å²) in [6.45, 7) is 2.33. The van der Waals surface area contributed by atoms with Crippen molar-refractivity contribution >= 4 is 21.8 Å². The van der Waals surface area contributed by atoms with Crippen molar-refractivity contribution in [2.45, 2.75) is 13.0 Å². The van der Waals surface area contributed by atoms with E-state index in [9.17, 15) is 4.79 Å². The fourth-order valence-electron chi connectivity index (χ4n) is 2.94. The van der Waals surface area contributed by atoms with E-state index in [0.29, 0.717) is 17.9 Å². The maximum absolute atomic E-state index is 12.7.